The van der Waals surface area contributed by atoms with Gasteiger partial charge in [-0.2, -0.15) is 0 Å². The highest BCUT2D eigenvalue weighted by atomic mass is 79.9. The molecule has 1 aromatic carbocycles. The molecule has 1 aliphatic heterocycles. The van der Waals surface area contributed by atoms with Gasteiger partial charge in [0.1, 0.15) is 5.82 Å². The van der Waals surface area contributed by atoms with E-state index in [4.69, 9.17) is 0 Å². The predicted molar refractivity (Wildman–Crippen MR) is 107 cm³/mol. The molecule has 1 amide bonds. The van der Waals surface area contributed by atoms with E-state index in [0.29, 0.717) is 19.5 Å². The average Bonchev–Trinajstić information content (AvgIpc) is 3.06. The molecule has 0 saturated carbocycles. The molecule has 1 aromatic rings. The highest BCUT2D eigenvalue weighted by Crippen LogP contribution is 2.16. The number of hydrogen-bond donors (Lipinski definition) is 2. The zero-order chi connectivity index (χ0) is 19.1. The summed E-state index contributed by atoms with van der Waals surface area (Å²) < 4.78 is 14.6. The number of benzene rings is 1. The molecule has 0 aromatic heterocycles. The lowest BCUT2D eigenvalue weighted by atomic mass is 10.1. The van der Waals surface area contributed by atoms with Gasteiger partial charge in [0.25, 0.3) is 0 Å². The fourth-order valence-corrected chi connectivity index (χ4v) is 3.37. The first-order chi connectivity index (χ1) is 12.4. The Morgan fingerprint density at radius 1 is 1.46 bits per heavy atom. The number of carbonyl (C=O) groups is 1. The highest BCUT2D eigenvalue weighted by molar-refractivity contribution is 9.10. The van der Waals surface area contributed by atoms with Crippen molar-refractivity contribution in [3.05, 3.63) is 34.1 Å². The summed E-state index contributed by atoms with van der Waals surface area (Å²) in [7, 11) is 1.73. The topological polar surface area (TPSA) is 56.7 Å². The number of amides is 1. The van der Waals surface area contributed by atoms with Gasteiger partial charge in [-0.3, -0.25) is 9.79 Å². The fourth-order valence-electron chi connectivity index (χ4n) is 3.04. The molecule has 1 fully saturated rings. The van der Waals surface area contributed by atoms with E-state index in [1.165, 1.54) is 6.07 Å². The van der Waals surface area contributed by atoms with E-state index in [0.717, 1.165) is 35.4 Å². The van der Waals surface area contributed by atoms with Gasteiger partial charge in [-0.25, -0.2) is 4.39 Å². The number of aryl methyl sites for hydroxylation is 1. The standard InChI is InChI=1S/C19H28BrFN4O/c1-13(2)18(26)25-10-8-16(12-25)24-19(22-3)23-9-4-5-14-6-7-15(20)11-17(14)21/h6-7,11,13,16H,4-5,8-10,12H2,1-3H3,(H2,22,23,24). The Hall–Kier alpha value is -1.63. The second-order valence-corrected chi connectivity index (χ2v) is 7.82. The van der Waals surface area contributed by atoms with Gasteiger partial charge in [0.15, 0.2) is 5.96 Å². The number of guanidine groups is 1. The predicted octanol–water partition coefficient (Wildman–Crippen LogP) is 2.94. The maximum absolute atomic E-state index is 13.8. The largest absolute Gasteiger partial charge is 0.356 e. The Bertz CT molecular complexity index is 650. The normalized spacial score (nSPS) is 17.7. The van der Waals surface area contributed by atoms with Crippen molar-refractivity contribution >= 4 is 27.8 Å². The lowest BCUT2D eigenvalue weighted by Gasteiger charge is -2.20. The second-order valence-electron chi connectivity index (χ2n) is 6.91. The molecule has 0 aliphatic carbocycles. The van der Waals surface area contributed by atoms with E-state index in [1.807, 2.05) is 30.9 Å². The molecule has 0 bridgehead atoms. The van der Waals surface area contributed by atoms with Gasteiger partial charge in [-0.05, 0) is 37.0 Å². The lowest BCUT2D eigenvalue weighted by molar-refractivity contribution is -0.133. The second kappa shape index (κ2) is 9.90. The van der Waals surface area contributed by atoms with E-state index in [9.17, 15) is 9.18 Å². The number of aliphatic imine (C=N–C) groups is 1. The molecule has 1 aliphatic rings. The monoisotopic (exact) mass is 426 g/mol. The SMILES string of the molecule is CN=C(NCCCc1ccc(Br)cc1F)NC1CCN(C(=O)C(C)C)C1. The molecule has 5 nitrogen and oxygen atoms in total. The van der Waals surface area contributed by atoms with Crippen LogP contribution in [0, 0.1) is 11.7 Å². The Morgan fingerprint density at radius 2 is 2.23 bits per heavy atom. The van der Waals surface area contributed by atoms with Gasteiger partial charge < -0.3 is 15.5 Å². The van der Waals surface area contributed by atoms with Crippen molar-refractivity contribution in [1.29, 1.82) is 0 Å². The smallest absolute Gasteiger partial charge is 0.225 e. The Morgan fingerprint density at radius 3 is 2.88 bits per heavy atom. The summed E-state index contributed by atoms with van der Waals surface area (Å²) in [4.78, 5) is 18.2. The molecule has 2 rings (SSSR count). The van der Waals surface area contributed by atoms with Crippen LogP contribution in [0.2, 0.25) is 0 Å². The van der Waals surface area contributed by atoms with Crippen LogP contribution in [0.1, 0.15) is 32.3 Å². The van der Waals surface area contributed by atoms with E-state index >= 15 is 0 Å². The third kappa shape index (κ3) is 5.97. The van der Waals surface area contributed by atoms with E-state index in [-0.39, 0.29) is 23.7 Å². The van der Waals surface area contributed by atoms with Crippen LogP contribution in [-0.4, -0.2) is 49.5 Å². The zero-order valence-corrected chi connectivity index (χ0v) is 17.3. The molecule has 0 spiro atoms. The third-order valence-electron chi connectivity index (χ3n) is 4.49. The van der Waals surface area contributed by atoms with Gasteiger partial charge in [0, 0.05) is 43.1 Å². The van der Waals surface area contributed by atoms with Gasteiger partial charge in [-0.15, -0.1) is 0 Å². The van der Waals surface area contributed by atoms with Crippen molar-refractivity contribution in [1.82, 2.24) is 15.5 Å². The number of hydrogen-bond acceptors (Lipinski definition) is 2. The summed E-state index contributed by atoms with van der Waals surface area (Å²) in [6.45, 7) is 6.06. The summed E-state index contributed by atoms with van der Waals surface area (Å²) in [5, 5.41) is 6.64. The summed E-state index contributed by atoms with van der Waals surface area (Å²) in [5.74, 6) is 0.784. The minimum atomic E-state index is -0.178. The molecule has 26 heavy (non-hydrogen) atoms. The van der Waals surface area contributed by atoms with Crippen LogP contribution in [0.4, 0.5) is 4.39 Å². The summed E-state index contributed by atoms with van der Waals surface area (Å²) in [6, 6.07) is 5.38. The minimum absolute atomic E-state index is 0.0326. The fraction of sp³-hybridized carbons (Fsp3) is 0.579. The molecule has 0 radical (unpaired) electrons. The minimum Gasteiger partial charge on any atom is -0.356 e. The summed E-state index contributed by atoms with van der Waals surface area (Å²) >= 11 is 3.27. The van der Waals surface area contributed by atoms with Crippen LogP contribution in [0.15, 0.2) is 27.7 Å². The Labute approximate surface area is 163 Å². The number of likely N-dealkylation sites (tertiary alicyclic amines) is 1. The zero-order valence-electron chi connectivity index (χ0n) is 15.7. The van der Waals surface area contributed by atoms with Crippen LogP contribution < -0.4 is 10.6 Å². The molecular weight excluding hydrogens is 399 g/mol. The van der Waals surface area contributed by atoms with E-state index < -0.39 is 0 Å². The van der Waals surface area contributed by atoms with Crippen molar-refractivity contribution < 1.29 is 9.18 Å². The van der Waals surface area contributed by atoms with Gasteiger partial charge in [0.2, 0.25) is 5.91 Å². The molecule has 1 saturated heterocycles. The quantitative estimate of drug-likeness (QED) is 0.417. The van der Waals surface area contributed by atoms with Crippen LogP contribution in [0.5, 0.6) is 0 Å². The van der Waals surface area contributed by atoms with Crippen LogP contribution in [0.25, 0.3) is 0 Å². The van der Waals surface area contributed by atoms with Crippen molar-refractivity contribution in [2.45, 2.75) is 39.2 Å². The number of carbonyl (C=O) groups excluding carboxylic acids is 1. The van der Waals surface area contributed by atoms with Crippen molar-refractivity contribution in [2.24, 2.45) is 10.9 Å². The van der Waals surface area contributed by atoms with E-state index in [1.54, 1.807) is 7.05 Å². The van der Waals surface area contributed by atoms with Gasteiger partial charge in [0.05, 0.1) is 0 Å². The Balaban J connectivity index is 1.72. The maximum atomic E-state index is 13.8. The van der Waals surface area contributed by atoms with Crippen molar-refractivity contribution in [3.8, 4) is 0 Å². The summed E-state index contributed by atoms with van der Waals surface area (Å²) in [6.07, 6.45) is 2.40. The third-order valence-corrected chi connectivity index (χ3v) is 4.98. The average molecular weight is 427 g/mol. The first-order valence-electron chi connectivity index (χ1n) is 9.10. The number of rotatable bonds is 6. The summed E-state index contributed by atoms with van der Waals surface area (Å²) in [5.41, 5.74) is 0.719. The molecule has 1 heterocycles. The maximum Gasteiger partial charge on any atom is 0.225 e. The highest BCUT2D eigenvalue weighted by Gasteiger charge is 2.27. The number of halogens is 2. The van der Waals surface area contributed by atoms with Crippen LogP contribution >= 0.6 is 15.9 Å². The van der Waals surface area contributed by atoms with E-state index in [2.05, 4.69) is 31.6 Å². The van der Waals surface area contributed by atoms with Crippen LogP contribution in [-0.2, 0) is 11.2 Å². The molecule has 2 N–H and O–H groups in total. The first kappa shape index (κ1) is 20.7. The lowest BCUT2D eigenvalue weighted by Crippen LogP contribution is -2.45. The molecule has 1 atom stereocenters. The number of nitrogens with zero attached hydrogens (tertiary/aromatic N) is 2. The van der Waals surface area contributed by atoms with Crippen molar-refractivity contribution in [2.75, 3.05) is 26.7 Å². The molecule has 7 heteroatoms. The van der Waals surface area contributed by atoms with Crippen LogP contribution in [0.3, 0.4) is 0 Å². The first-order valence-corrected chi connectivity index (χ1v) is 9.90. The van der Waals surface area contributed by atoms with Gasteiger partial charge >= 0.3 is 0 Å². The molecule has 1 unspecified atom stereocenters. The molecule has 144 valence electrons. The van der Waals surface area contributed by atoms with Gasteiger partial charge in [-0.1, -0.05) is 35.8 Å². The van der Waals surface area contributed by atoms with Crippen molar-refractivity contribution in [3.63, 3.8) is 0 Å². The number of nitrogens with one attached hydrogen (secondary N) is 2. The molecular formula is C19H28BrFN4O. The Kier molecular flexibility index (Phi) is 7.87.